The predicted molar refractivity (Wildman–Crippen MR) is 139 cm³/mol. The van der Waals surface area contributed by atoms with Crippen molar-refractivity contribution in [3.8, 4) is 11.5 Å². The fourth-order valence-electron chi connectivity index (χ4n) is 3.92. The molecule has 0 saturated heterocycles. The molecule has 1 atom stereocenters. The summed E-state index contributed by atoms with van der Waals surface area (Å²) >= 11 is 3.36. The summed E-state index contributed by atoms with van der Waals surface area (Å²) in [6.07, 6.45) is 1.75. The fraction of sp³-hybridized carbons (Fsp3) is 0.240. The third-order valence-electron chi connectivity index (χ3n) is 5.46. The van der Waals surface area contributed by atoms with E-state index in [2.05, 4.69) is 27.6 Å². The van der Waals surface area contributed by atoms with Gasteiger partial charge in [0.2, 0.25) is 0 Å². The number of thiazole rings is 1. The Kier molecular flexibility index (Phi) is 7.41. The van der Waals surface area contributed by atoms with Gasteiger partial charge in [0.25, 0.3) is 5.56 Å². The molecule has 0 fully saturated rings. The van der Waals surface area contributed by atoms with Gasteiger partial charge in [0.05, 0.1) is 46.2 Å². The van der Waals surface area contributed by atoms with Crippen molar-refractivity contribution >= 4 is 46.0 Å². The molecule has 7 nitrogen and oxygen atoms in total. The molecular formula is C25H22FIN2O5S. The Balaban J connectivity index is 1.94. The predicted octanol–water partition coefficient (Wildman–Crippen LogP) is 3.56. The molecule has 0 unspecified atom stereocenters. The Morgan fingerprint density at radius 2 is 1.94 bits per heavy atom. The zero-order chi connectivity index (χ0) is 25.3. The Bertz CT molecular complexity index is 1510. The number of hydrogen-bond acceptors (Lipinski definition) is 7. The lowest BCUT2D eigenvalue weighted by Gasteiger charge is -2.24. The molecule has 0 saturated carbocycles. The van der Waals surface area contributed by atoms with Gasteiger partial charge in [-0.1, -0.05) is 23.5 Å². The number of benzene rings is 2. The second kappa shape index (κ2) is 10.3. The van der Waals surface area contributed by atoms with Crippen LogP contribution in [0.4, 0.5) is 4.39 Å². The summed E-state index contributed by atoms with van der Waals surface area (Å²) in [6, 6.07) is 8.60. The zero-order valence-corrected chi connectivity index (χ0v) is 22.4. The summed E-state index contributed by atoms with van der Waals surface area (Å²) in [4.78, 5) is 31.5. The van der Waals surface area contributed by atoms with E-state index >= 15 is 0 Å². The van der Waals surface area contributed by atoms with Crippen LogP contribution in [-0.4, -0.2) is 31.4 Å². The zero-order valence-electron chi connectivity index (χ0n) is 19.4. The molecule has 0 radical (unpaired) electrons. The molecule has 2 aromatic carbocycles. The highest BCUT2D eigenvalue weighted by Gasteiger charge is 2.33. The topological polar surface area (TPSA) is 79.1 Å². The number of halogens is 2. The van der Waals surface area contributed by atoms with Crippen LogP contribution in [0.2, 0.25) is 0 Å². The summed E-state index contributed by atoms with van der Waals surface area (Å²) in [6.45, 7) is 3.59. The van der Waals surface area contributed by atoms with Gasteiger partial charge in [-0.2, -0.15) is 0 Å². The standard InChI is InChI=1S/C25H22FIN2O5S/c1-5-34-24(31)20-13(2)28-25-29(21(20)15-6-8-16(26)9-7-15)23(30)19(35-25)12-14-10-17(27)22(33-4)18(11-14)32-3/h6-12,21H,5H2,1-4H3/b19-12-/t21-/m1/s1. The minimum absolute atomic E-state index is 0.175. The first-order valence-electron chi connectivity index (χ1n) is 10.7. The van der Waals surface area contributed by atoms with Crippen molar-refractivity contribution in [3.05, 3.63) is 87.9 Å². The van der Waals surface area contributed by atoms with Gasteiger partial charge in [0.1, 0.15) is 5.82 Å². The van der Waals surface area contributed by atoms with Gasteiger partial charge in [-0.3, -0.25) is 9.36 Å². The van der Waals surface area contributed by atoms with Crippen molar-refractivity contribution in [3.63, 3.8) is 0 Å². The Morgan fingerprint density at radius 1 is 1.23 bits per heavy atom. The molecule has 2 heterocycles. The van der Waals surface area contributed by atoms with Gasteiger partial charge in [-0.15, -0.1) is 0 Å². The minimum Gasteiger partial charge on any atom is -0.493 e. The Morgan fingerprint density at radius 3 is 2.57 bits per heavy atom. The summed E-state index contributed by atoms with van der Waals surface area (Å²) in [5, 5.41) is 0. The molecule has 1 aliphatic rings. The van der Waals surface area contributed by atoms with Crippen LogP contribution in [0.3, 0.4) is 0 Å². The highest BCUT2D eigenvalue weighted by Crippen LogP contribution is 2.34. The van der Waals surface area contributed by atoms with Crippen molar-refractivity contribution in [2.45, 2.75) is 19.9 Å². The summed E-state index contributed by atoms with van der Waals surface area (Å²) in [5.41, 5.74) is 1.71. The molecule has 0 aliphatic carbocycles. The van der Waals surface area contributed by atoms with Gasteiger partial charge in [-0.05, 0) is 77.9 Å². The van der Waals surface area contributed by atoms with Crippen LogP contribution >= 0.6 is 33.9 Å². The monoisotopic (exact) mass is 608 g/mol. The second-order valence-corrected chi connectivity index (χ2v) is 9.76. The van der Waals surface area contributed by atoms with E-state index in [4.69, 9.17) is 14.2 Å². The lowest BCUT2D eigenvalue weighted by atomic mass is 9.96. The number of hydrogen-bond donors (Lipinski definition) is 0. The maximum atomic E-state index is 13.7. The molecule has 3 aromatic rings. The van der Waals surface area contributed by atoms with E-state index < -0.39 is 17.8 Å². The third kappa shape index (κ3) is 4.76. The molecule has 0 bridgehead atoms. The summed E-state index contributed by atoms with van der Waals surface area (Å²) < 4.78 is 32.5. The van der Waals surface area contributed by atoms with E-state index in [1.165, 1.54) is 28.0 Å². The normalized spacial score (nSPS) is 15.5. The maximum absolute atomic E-state index is 13.7. The SMILES string of the molecule is CCOC(=O)C1=C(C)N=c2s/c(=C\c3cc(I)c(OC)c(OC)c3)c(=O)n2[C@@H]1c1ccc(F)cc1. The molecule has 35 heavy (non-hydrogen) atoms. The van der Waals surface area contributed by atoms with E-state index in [0.717, 1.165) is 9.13 Å². The number of rotatable bonds is 6. The number of aromatic nitrogens is 1. The molecule has 0 N–H and O–H groups in total. The molecule has 0 spiro atoms. The van der Waals surface area contributed by atoms with Crippen molar-refractivity contribution in [1.82, 2.24) is 4.57 Å². The van der Waals surface area contributed by atoms with Crippen LogP contribution in [0.25, 0.3) is 6.08 Å². The van der Waals surface area contributed by atoms with Gasteiger partial charge < -0.3 is 14.2 Å². The first-order chi connectivity index (χ1) is 16.8. The molecule has 1 aliphatic heterocycles. The van der Waals surface area contributed by atoms with Crippen molar-refractivity contribution in [2.24, 2.45) is 4.99 Å². The lowest BCUT2D eigenvalue weighted by Crippen LogP contribution is -2.39. The molecule has 4 rings (SSSR count). The van der Waals surface area contributed by atoms with E-state index in [-0.39, 0.29) is 17.7 Å². The lowest BCUT2D eigenvalue weighted by molar-refractivity contribution is -0.139. The molecule has 1 aromatic heterocycles. The van der Waals surface area contributed by atoms with Crippen LogP contribution in [-0.2, 0) is 9.53 Å². The molecule has 182 valence electrons. The average molecular weight is 608 g/mol. The number of ether oxygens (including phenoxy) is 3. The molecule has 10 heteroatoms. The van der Waals surface area contributed by atoms with Crippen molar-refractivity contribution in [2.75, 3.05) is 20.8 Å². The van der Waals surface area contributed by atoms with Crippen molar-refractivity contribution < 1.29 is 23.4 Å². The largest absolute Gasteiger partial charge is 0.493 e. The van der Waals surface area contributed by atoms with Gasteiger partial charge in [-0.25, -0.2) is 14.2 Å². The number of methoxy groups -OCH3 is 2. The number of esters is 1. The second-order valence-electron chi connectivity index (χ2n) is 7.59. The first-order valence-corrected chi connectivity index (χ1v) is 12.5. The van der Waals surface area contributed by atoms with Gasteiger partial charge in [0, 0.05) is 0 Å². The summed E-state index contributed by atoms with van der Waals surface area (Å²) in [5.74, 6) is 0.176. The third-order valence-corrected chi connectivity index (χ3v) is 7.24. The van der Waals surface area contributed by atoms with Crippen LogP contribution in [0.5, 0.6) is 11.5 Å². The van der Waals surface area contributed by atoms with Crippen LogP contribution in [0, 0.1) is 9.39 Å². The van der Waals surface area contributed by atoms with Crippen LogP contribution < -0.4 is 24.4 Å². The van der Waals surface area contributed by atoms with E-state index in [9.17, 15) is 14.0 Å². The average Bonchev–Trinajstić information content (AvgIpc) is 3.12. The van der Waals surface area contributed by atoms with Crippen LogP contribution in [0.15, 0.2) is 57.5 Å². The Labute approximate surface area is 218 Å². The number of nitrogens with zero attached hydrogens (tertiary/aromatic N) is 2. The van der Waals surface area contributed by atoms with Crippen LogP contribution in [0.1, 0.15) is 31.0 Å². The van der Waals surface area contributed by atoms with E-state index in [1.807, 2.05) is 6.07 Å². The Hall–Kier alpha value is -2.99. The molecule has 0 amide bonds. The number of fused-ring (bicyclic) bond motifs is 1. The number of carbonyl (C=O) groups is 1. The fourth-order valence-corrected chi connectivity index (χ4v) is 5.82. The molecular weight excluding hydrogens is 586 g/mol. The first kappa shape index (κ1) is 25.1. The summed E-state index contributed by atoms with van der Waals surface area (Å²) in [7, 11) is 3.12. The van der Waals surface area contributed by atoms with E-state index in [0.29, 0.717) is 32.1 Å². The van der Waals surface area contributed by atoms with Gasteiger partial charge >= 0.3 is 5.97 Å². The van der Waals surface area contributed by atoms with Crippen molar-refractivity contribution in [1.29, 1.82) is 0 Å². The highest BCUT2D eigenvalue weighted by atomic mass is 127. The smallest absolute Gasteiger partial charge is 0.338 e. The number of carbonyl (C=O) groups excluding carboxylic acids is 1. The minimum atomic E-state index is -0.793. The quantitative estimate of drug-likeness (QED) is 0.316. The van der Waals surface area contributed by atoms with Gasteiger partial charge in [0.15, 0.2) is 16.3 Å². The maximum Gasteiger partial charge on any atom is 0.338 e. The highest BCUT2D eigenvalue weighted by molar-refractivity contribution is 14.1. The number of allylic oxidation sites excluding steroid dienone is 1. The van der Waals surface area contributed by atoms with E-state index in [1.54, 1.807) is 52.3 Å².